The summed E-state index contributed by atoms with van der Waals surface area (Å²) in [6.07, 6.45) is 1.34. The summed E-state index contributed by atoms with van der Waals surface area (Å²) in [5.74, 6) is -0.146. The third-order valence-corrected chi connectivity index (χ3v) is 5.26. The summed E-state index contributed by atoms with van der Waals surface area (Å²) < 4.78 is 11.2. The van der Waals surface area contributed by atoms with Crippen molar-refractivity contribution in [3.8, 4) is 0 Å². The van der Waals surface area contributed by atoms with Crippen molar-refractivity contribution in [1.29, 1.82) is 0 Å². The molecular formula is C23H34N2O4. The van der Waals surface area contributed by atoms with Gasteiger partial charge in [-0.25, -0.2) is 4.79 Å². The number of rotatable bonds is 3. The number of hydrogen-bond acceptors (Lipinski definition) is 5. The molecule has 1 aliphatic heterocycles. The number of piperazine rings is 1. The van der Waals surface area contributed by atoms with Gasteiger partial charge in [-0.3, -0.25) is 9.69 Å². The summed E-state index contributed by atoms with van der Waals surface area (Å²) in [4.78, 5) is 27.2. The highest BCUT2D eigenvalue weighted by Crippen LogP contribution is 2.50. The number of nitrogens with one attached hydrogen (secondary N) is 1. The number of hydrogen-bond donors (Lipinski definition) is 1. The van der Waals surface area contributed by atoms with Crippen molar-refractivity contribution in [2.24, 2.45) is 0 Å². The Labute approximate surface area is 173 Å². The highest BCUT2D eigenvalue weighted by atomic mass is 16.6. The zero-order chi connectivity index (χ0) is 21.4. The molecule has 29 heavy (non-hydrogen) atoms. The van der Waals surface area contributed by atoms with Crippen molar-refractivity contribution < 1.29 is 19.1 Å². The molecule has 1 N–H and O–H groups in total. The van der Waals surface area contributed by atoms with Gasteiger partial charge in [-0.05, 0) is 65.5 Å². The van der Waals surface area contributed by atoms with E-state index in [4.69, 9.17) is 9.47 Å². The Hall–Kier alpha value is -2.08. The van der Waals surface area contributed by atoms with Crippen LogP contribution in [-0.4, -0.2) is 47.8 Å². The van der Waals surface area contributed by atoms with E-state index in [1.54, 1.807) is 4.90 Å². The fourth-order valence-corrected chi connectivity index (χ4v) is 3.68. The van der Waals surface area contributed by atoms with E-state index in [0.717, 1.165) is 30.5 Å². The van der Waals surface area contributed by atoms with Gasteiger partial charge in [-0.15, -0.1) is 0 Å². The minimum Gasteiger partial charge on any atom is -0.459 e. The van der Waals surface area contributed by atoms with Gasteiger partial charge in [0, 0.05) is 19.6 Å². The monoisotopic (exact) mass is 402 g/mol. The predicted octanol–water partition coefficient (Wildman–Crippen LogP) is 3.94. The van der Waals surface area contributed by atoms with E-state index in [-0.39, 0.29) is 18.1 Å². The summed E-state index contributed by atoms with van der Waals surface area (Å²) in [6.45, 7) is 13.3. The second kappa shape index (κ2) is 7.63. The Bertz CT molecular complexity index is 755. The quantitative estimate of drug-likeness (QED) is 0.776. The molecule has 160 valence electrons. The van der Waals surface area contributed by atoms with Gasteiger partial charge in [0.15, 0.2) is 0 Å². The van der Waals surface area contributed by atoms with E-state index in [9.17, 15) is 9.59 Å². The molecular weight excluding hydrogens is 368 g/mol. The molecule has 2 fully saturated rings. The molecule has 1 aromatic rings. The second-order valence-corrected chi connectivity index (χ2v) is 10.1. The molecule has 1 unspecified atom stereocenters. The lowest BCUT2D eigenvalue weighted by Gasteiger charge is -2.37. The lowest BCUT2D eigenvalue weighted by molar-refractivity contribution is -0.158. The summed E-state index contributed by atoms with van der Waals surface area (Å²) in [7, 11) is 0. The number of esters is 1. The van der Waals surface area contributed by atoms with E-state index in [1.807, 2.05) is 65.8 Å². The van der Waals surface area contributed by atoms with Crippen LogP contribution >= 0.6 is 0 Å². The number of carbonyl (C=O) groups excluding carboxylic acids is 2. The minimum atomic E-state index is -0.526. The van der Waals surface area contributed by atoms with Crippen LogP contribution in [0, 0.1) is 0 Å². The molecule has 1 amide bonds. The Morgan fingerprint density at radius 1 is 1.00 bits per heavy atom. The van der Waals surface area contributed by atoms with Gasteiger partial charge in [-0.2, -0.15) is 0 Å². The van der Waals surface area contributed by atoms with E-state index in [2.05, 4.69) is 5.32 Å². The maximum Gasteiger partial charge on any atom is 0.410 e. The van der Waals surface area contributed by atoms with Gasteiger partial charge in [0.1, 0.15) is 11.2 Å². The van der Waals surface area contributed by atoms with Gasteiger partial charge in [0.2, 0.25) is 0 Å². The largest absolute Gasteiger partial charge is 0.459 e. The molecule has 1 saturated heterocycles. The van der Waals surface area contributed by atoms with Crippen LogP contribution < -0.4 is 5.32 Å². The maximum atomic E-state index is 12.7. The third kappa shape index (κ3) is 5.10. The normalized spacial score (nSPS) is 21.4. The van der Waals surface area contributed by atoms with Crippen molar-refractivity contribution in [1.82, 2.24) is 10.2 Å². The molecule has 0 spiro atoms. The molecule has 0 bridgehead atoms. The summed E-state index contributed by atoms with van der Waals surface area (Å²) >= 11 is 0. The van der Waals surface area contributed by atoms with Gasteiger partial charge in [-0.1, -0.05) is 24.3 Å². The van der Waals surface area contributed by atoms with Gasteiger partial charge < -0.3 is 14.8 Å². The van der Waals surface area contributed by atoms with Crippen LogP contribution in [0.5, 0.6) is 0 Å². The molecule has 1 atom stereocenters. The number of nitrogens with zero attached hydrogens (tertiary/aromatic N) is 1. The minimum absolute atomic E-state index is 0.0932. The summed E-state index contributed by atoms with van der Waals surface area (Å²) in [6, 6.07) is 7.97. The van der Waals surface area contributed by atoms with E-state index in [0.29, 0.717) is 13.1 Å². The van der Waals surface area contributed by atoms with Gasteiger partial charge in [0.25, 0.3) is 0 Å². The Morgan fingerprint density at radius 2 is 1.59 bits per heavy atom. The van der Waals surface area contributed by atoms with Crippen LogP contribution in [0.3, 0.4) is 0 Å². The fraction of sp³-hybridized carbons (Fsp3) is 0.652. The predicted molar refractivity (Wildman–Crippen MR) is 112 cm³/mol. The molecule has 0 radical (unpaired) electrons. The SMILES string of the molecule is CC(C)(C)OC(=O)N1CCNCC1c1ccc(C2(C(=O)OC(C)(C)C)CC2)cc1. The van der Waals surface area contributed by atoms with Crippen molar-refractivity contribution in [3.05, 3.63) is 35.4 Å². The smallest absolute Gasteiger partial charge is 0.410 e. The Morgan fingerprint density at radius 3 is 2.10 bits per heavy atom. The average Bonchev–Trinajstić information content (AvgIpc) is 3.41. The number of carbonyl (C=O) groups is 2. The first kappa shape index (κ1) is 21.6. The van der Waals surface area contributed by atoms with Crippen molar-refractivity contribution in [2.75, 3.05) is 19.6 Å². The lowest BCUT2D eigenvalue weighted by Crippen LogP contribution is -2.50. The van der Waals surface area contributed by atoms with Crippen molar-refractivity contribution in [3.63, 3.8) is 0 Å². The number of ether oxygens (including phenoxy) is 2. The van der Waals surface area contributed by atoms with Crippen LogP contribution in [0.4, 0.5) is 4.79 Å². The van der Waals surface area contributed by atoms with Crippen molar-refractivity contribution >= 4 is 12.1 Å². The molecule has 3 rings (SSSR count). The lowest BCUT2D eigenvalue weighted by atomic mass is 9.93. The average molecular weight is 403 g/mol. The molecule has 6 heteroatoms. The number of amides is 1. The fourth-order valence-electron chi connectivity index (χ4n) is 3.68. The first-order valence-corrected chi connectivity index (χ1v) is 10.5. The van der Waals surface area contributed by atoms with Crippen LogP contribution in [0.2, 0.25) is 0 Å². The Kier molecular flexibility index (Phi) is 5.69. The highest BCUT2D eigenvalue weighted by Gasteiger charge is 2.53. The Balaban J connectivity index is 1.76. The highest BCUT2D eigenvalue weighted by molar-refractivity contribution is 5.87. The van der Waals surface area contributed by atoms with Crippen molar-refractivity contribution in [2.45, 2.75) is 77.0 Å². The third-order valence-electron chi connectivity index (χ3n) is 5.26. The van der Waals surface area contributed by atoms with E-state index < -0.39 is 16.6 Å². The first-order chi connectivity index (χ1) is 13.4. The zero-order valence-corrected chi connectivity index (χ0v) is 18.5. The molecule has 1 aliphatic carbocycles. The summed E-state index contributed by atoms with van der Waals surface area (Å²) in [5.41, 5.74) is 0.493. The van der Waals surface area contributed by atoms with Crippen LogP contribution in [0.25, 0.3) is 0 Å². The molecule has 1 saturated carbocycles. The zero-order valence-electron chi connectivity index (χ0n) is 18.5. The first-order valence-electron chi connectivity index (χ1n) is 10.5. The molecule has 1 heterocycles. The topological polar surface area (TPSA) is 67.9 Å². The summed E-state index contributed by atoms with van der Waals surface area (Å²) in [5, 5.41) is 3.36. The van der Waals surface area contributed by atoms with Crippen LogP contribution in [-0.2, 0) is 19.7 Å². The van der Waals surface area contributed by atoms with E-state index >= 15 is 0 Å². The number of benzene rings is 1. The van der Waals surface area contributed by atoms with Gasteiger partial charge >= 0.3 is 12.1 Å². The van der Waals surface area contributed by atoms with Gasteiger partial charge in [0.05, 0.1) is 11.5 Å². The standard InChI is InChI=1S/C23H34N2O4/c1-21(2,3)28-19(26)23(11-12-23)17-9-7-16(8-10-17)18-15-24-13-14-25(18)20(27)29-22(4,5)6/h7-10,18,24H,11-15H2,1-6H3. The molecule has 6 nitrogen and oxygen atoms in total. The van der Waals surface area contributed by atoms with Crippen LogP contribution in [0.15, 0.2) is 24.3 Å². The molecule has 2 aliphatic rings. The molecule has 1 aromatic carbocycles. The second-order valence-electron chi connectivity index (χ2n) is 10.1. The van der Waals surface area contributed by atoms with Crippen LogP contribution in [0.1, 0.15) is 71.6 Å². The molecule has 0 aromatic heterocycles. The maximum absolute atomic E-state index is 12.7. The van der Waals surface area contributed by atoms with E-state index in [1.165, 1.54) is 0 Å².